The highest BCUT2D eigenvalue weighted by Gasteiger charge is 2.10. The van der Waals surface area contributed by atoms with Gasteiger partial charge in [0.2, 0.25) is 0 Å². The van der Waals surface area contributed by atoms with Gasteiger partial charge in [-0.25, -0.2) is 0 Å². The first-order valence-electron chi connectivity index (χ1n) is 5.99. The Labute approximate surface area is 107 Å². The predicted molar refractivity (Wildman–Crippen MR) is 69.5 cm³/mol. The van der Waals surface area contributed by atoms with Gasteiger partial charge in [-0.05, 0) is 27.0 Å². The van der Waals surface area contributed by atoms with Gasteiger partial charge in [0.25, 0.3) is 0 Å². The van der Waals surface area contributed by atoms with E-state index in [1.54, 1.807) is 0 Å². The summed E-state index contributed by atoms with van der Waals surface area (Å²) in [5.74, 6) is 1.71. The van der Waals surface area contributed by atoms with Gasteiger partial charge in [0, 0.05) is 12.1 Å². The fourth-order valence-electron chi connectivity index (χ4n) is 1.84. The van der Waals surface area contributed by atoms with Crippen LogP contribution in [-0.4, -0.2) is 12.2 Å². The van der Waals surface area contributed by atoms with Gasteiger partial charge < -0.3 is 14.6 Å². The Bertz CT molecular complexity index is 501. The number of para-hydroxylation sites is 1. The highest BCUT2D eigenvalue weighted by Crippen LogP contribution is 2.21. The highest BCUT2D eigenvalue weighted by atomic mass is 16.5. The van der Waals surface area contributed by atoms with E-state index in [4.69, 9.17) is 9.26 Å². The van der Waals surface area contributed by atoms with Crippen LogP contribution in [0.1, 0.15) is 22.6 Å². The Morgan fingerprint density at radius 1 is 1.28 bits per heavy atom. The van der Waals surface area contributed by atoms with E-state index in [2.05, 4.69) is 16.5 Å². The summed E-state index contributed by atoms with van der Waals surface area (Å²) in [4.78, 5) is 0. The van der Waals surface area contributed by atoms with E-state index in [0.717, 1.165) is 34.9 Å². The number of ether oxygens (including phenoxy) is 1. The van der Waals surface area contributed by atoms with Crippen molar-refractivity contribution in [3.63, 3.8) is 0 Å². The van der Waals surface area contributed by atoms with E-state index in [1.165, 1.54) is 0 Å². The SMILES string of the molecule is CNCc1ccccc1OCc1c(C)noc1C. The van der Waals surface area contributed by atoms with Gasteiger partial charge in [0.1, 0.15) is 18.1 Å². The normalized spacial score (nSPS) is 10.6. The second kappa shape index (κ2) is 5.69. The number of aromatic nitrogens is 1. The van der Waals surface area contributed by atoms with Crippen molar-refractivity contribution in [3.05, 3.63) is 46.8 Å². The molecule has 0 saturated carbocycles. The van der Waals surface area contributed by atoms with Gasteiger partial charge in [0.15, 0.2) is 0 Å². The molecular weight excluding hydrogens is 228 g/mol. The molecule has 1 heterocycles. The van der Waals surface area contributed by atoms with Crippen molar-refractivity contribution in [2.75, 3.05) is 7.05 Å². The summed E-state index contributed by atoms with van der Waals surface area (Å²) in [5, 5.41) is 7.05. The van der Waals surface area contributed by atoms with E-state index in [-0.39, 0.29) is 0 Å². The number of hydrogen-bond donors (Lipinski definition) is 1. The van der Waals surface area contributed by atoms with Crippen molar-refractivity contribution in [3.8, 4) is 5.75 Å². The Balaban J connectivity index is 2.11. The number of hydrogen-bond acceptors (Lipinski definition) is 4. The van der Waals surface area contributed by atoms with Gasteiger partial charge in [0.05, 0.1) is 11.3 Å². The molecule has 0 atom stereocenters. The molecule has 96 valence electrons. The molecule has 4 nitrogen and oxygen atoms in total. The zero-order chi connectivity index (χ0) is 13.0. The van der Waals surface area contributed by atoms with Crippen LogP contribution in [0.15, 0.2) is 28.8 Å². The summed E-state index contributed by atoms with van der Waals surface area (Å²) in [5.41, 5.74) is 3.06. The van der Waals surface area contributed by atoms with Crippen LogP contribution < -0.4 is 10.1 Å². The minimum Gasteiger partial charge on any atom is -0.488 e. The Hall–Kier alpha value is -1.81. The molecule has 1 N–H and O–H groups in total. The third-order valence-corrected chi connectivity index (χ3v) is 2.89. The van der Waals surface area contributed by atoms with Crippen molar-refractivity contribution < 1.29 is 9.26 Å². The lowest BCUT2D eigenvalue weighted by molar-refractivity contribution is 0.298. The molecule has 0 saturated heterocycles. The molecule has 0 fully saturated rings. The monoisotopic (exact) mass is 246 g/mol. The molecule has 1 aromatic heterocycles. The smallest absolute Gasteiger partial charge is 0.140 e. The molecule has 0 unspecified atom stereocenters. The Kier molecular flexibility index (Phi) is 3.99. The van der Waals surface area contributed by atoms with Crippen LogP contribution in [0.4, 0.5) is 0 Å². The van der Waals surface area contributed by atoms with Gasteiger partial charge in [-0.3, -0.25) is 0 Å². The summed E-state index contributed by atoms with van der Waals surface area (Å²) in [7, 11) is 1.92. The summed E-state index contributed by atoms with van der Waals surface area (Å²) in [6.07, 6.45) is 0. The standard InChI is InChI=1S/C14H18N2O2/c1-10-13(11(2)18-16-10)9-17-14-7-5-4-6-12(14)8-15-3/h4-7,15H,8-9H2,1-3H3. The minimum absolute atomic E-state index is 0.488. The summed E-state index contributed by atoms with van der Waals surface area (Å²) >= 11 is 0. The minimum atomic E-state index is 0.488. The van der Waals surface area contributed by atoms with E-state index >= 15 is 0 Å². The summed E-state index contributed by atoms with van der Waals surface area (Å²) in [6, 6.07) is 8.02. The van der Waals surface area contributed by atoms with Crippen LogP contribution in [0.5, 0.6) is 5.75 Å². The molecule has 0 aliphatic carbocycles. The van der Waals surface area contributed by atoms with Crippen molar-refractivity contribution in [2.45, 2.75) is 27.0 Å². The third kappa shape index (κ3) is 2.71. The maximum absolute atomic E-state index is 5.86. The van der Waals surface area contributed by atoms with Crippen molar-refractivity contribution in [2.24, 2.45) is 0 Å². The maximum Gasteiger partial charge on any atom is 0.140 e. The Morgan fingerprint density at radius 3 is 2.72 bits per heavy atom. The van der Waals surface area contributed by atoms with Gasteiger partial charge in [-0.2, -0.15) is 0 Å². The molecule has 0 amide bonds. The van der Waals surface area contributed by atoms with Crippen LogP contribution in [-0.2, 0) is 13.2 Å². The summed E-state index contributed by atoms with van der Waals surface area (Å²) < 4.78 is 11.0. The average molecular weight is 246 g/mol. The van der Waals surface area contributed by atoms with E-state index in [1.807, 2.05) is 39.1 Å². The number of nitrogens with zero attached hydrogens (tertiary/aromatic N) is 1. The Morgan fingerprint density at radius 2 is 2.06 bits per heavy atom. The summed E-state index contributed by atoms with van der Waals surface area (Å²) in [6.45, 7) is 5.10. The quantitative estimate of drug-likeness (QED) is 0.881. The second-order valence-corrected chi connectivity index (χ2v) is 4.23. The zero-order valence-electron chi connectivity index (χ0n) is 11.0. The molecule has 0 aliphatic rings. The molecule has 18 heavy (non-hydrogen) atoms. The molecule has 0 bridgehead atoms. The van der Waals surface area contributed by atoms with E-state index in [9.17, 15) is 0 Å². The molecular formula is C14H18N2O2. The number of rotatable bonds is 5. The molecule has 0 spiro atoms. The zero-order valence-corrected chi connectivity index (χ0v) is 11.0. The molecule has 2 rings (SSSR count). The van der Waals surface area contributed by atoms with E-state index in [0.29, 0.717) is 6.61 Å². The fourth-order valence-corrected chi connectivity index (χ4v) is 1.84. The van der Waals surface area contributed by atoms with Crippen molar-refractivity contribution >= 4 is 0 Å². The second-order valence-electron chi connectivity index (χ2n) is 4.23. The van der Waals surface area contributed by atoms with Crippen molar-refractivity contribution in [1.29, 1.82) is 0 Å². The molecule has 2 aromatic rings. The molecule has 1 aromatic carbocycles. The average Bonchev–Trinajstić information content (AvgIpc) is 2.69. The largest absolute Gasteiger partial charge is 0.488 e. The lowest BCUT2D eigenvalue weighted by atomic mass is 10.2. The molecule has 0 aliphatic heterocycles. The number of nitrogens with one attached hydrogen (secondary N) is 1. The topological polar surface area (TPSA) is 47.3 Å². The van der Waals surface area contributed by atoms with Gasteiger partial charge in [-0.15, -0.1) is 0 Å². The fraction of sp³-hybridized carbons (Fsp3) is 0.357. The van der Waals surface area contributed by atoms with Crippen LogP contribution in [0.2, 0.25) is 0 Å². The third-order valence-electron chi connectivity index (χ3n) is 2.89. The van der Waals surface area contributed by atoms with Gasteiger partial charge >= 0.3 is 0 Å². The van der Waals surface area contributed by atoms with Crippen LogP contribution in [0.25, 0.3) is 0 Å². The molecule has 4 heteroatoms. The molecule has 0 radical (unpaired) electrons. The van der Waals surface area contributed by atoms with Crippen molar-refractivity contribution in [1.82, 2.24) is 10.5 Å². The predicted octanol–water partition coefficient (Wildman–Crippen LogP) is 2.59. The first-order chi connectivity index (χ1) is 8.72. The maximum atomic E-state index is 5.86. The van der Waals surface area contributed by atoms with Gasteiger partial charge in [-0.1, -0.05) is 23.4 Å². The number of aryl methyl sites for hydroxylation is 2. The first kappa shape index (κ1) is 12.6. The van der Waals surface area contributed by atoms with E-state index < -0.39 is 0 Å². The number of benzene rings is 1. The lowest BCUT2D eigenvalue weighted by Crippen LogP contribution is -2.07. The lowest BCUT2D eigenvalue weighted by Gasteiger charge is -2.10. The van der Waals surface area contributed by atoms with Crippen LogP contribution >= 0.6 is 0 Å². The van der Waals surface area contributed by atoms with Crippen LogP contribution in [0, 0.1) is 13.8 Å². The first-order valence-corrected chi connectivity index (χ1v) is 5.99. The van der Waals surface area contributed by atoms with Crippen LogP contribution in [0.3, 0.4) is 0 Å². The highest BCUT2D eigenvalue weighted by molar-refractivity contribution is 5.33.